The minimum absolute atomic E-state index is 0.0833. The molecule has 0 aliphatic carbocycles. The predicted molar refractivity (Wildman–Crippen MR) is 64.8 cm³/mol. The minimum atomic E-state index is -1.07. The second-order valence-electron chi connectivity index (χ2n) is 2.81. The number of carbonyl (C=O) groups is 2. The molecule has 0 bridgehead atoms. The van der Waals surface area contributed by atoms with Crippen LogP contribution in [0.4, 0.5) is 0 Å². The van der Waals surface area contributed by atoms with Crippen LogP contribution in [0.2, 0.25) is 0 Å². The summed E-state index contributed by atoms with van der Waals surface area (Å²) in [5.41, 5.74) is 0.374. The van der Waals surface area contributed by atoms with Gasteiger partial charge in [0, 0.05) is 8.95 Å². The lowest BCUT2D eigenvalue weighted by Crippen LogP contribution is -2.07. The molecule has 4 nitrogen and oxygen atoms in total. The Morgan fingerprint density at radius 1 is 1.25 bits per heavy atom. The van der Waals surface area contributed by atoms with E-state index < -0.39 is 11.9 Å². The molecule has 0 heterocycles. The Bertz CT molecular complexity index is 443. The van der Waals surface area contributed by atoms with Crippen molar-refractivity contribution in [3.05, 3.63) is 32.2 Å². The molecule has 0 amide bonds. The molecule has 0 saturated carbocycles. The highest BCUT2D eigenvalue weighted by molar-refractivity contribution is 9.13. The molecule has 0 aliphatic rings. The molecule has 1 rings (SSSR count). The highest BCUT2D eigenvalue weighted by Crippen LogP contribution is 2.30. The Kier molecular flexibility index (Phi) is 4.49. The summed E-state index contributed by atoms with van der Waals surface area (Å²) in [7, 11) is 0. The molecular weight excluding hydrogens is 344 g/mol. The van der Waals surface area contributed by atoms with E-state index >= 15 is 0 Å². The van der Waals surface area contributed by atoms with E-state index in [0.717, 1.165) is 0 Å². The Morgan fingerprint density at radius 2 is 1.75 bits per heavy atom. The molecule has 0 saturated heterocycles. The number of ether oxygens (including phenoxy) is 1. The van der Waals surface area contributed by atoms with Crippen molar-refractivity contribution >= 4 is 43.8 Å². The second kappa shape index (κ2) is 5.45. The zero-order chi connectivity index (χ0) is 12.3. The lowest BCUT2D eigenvalue weighted by Gasteiger charge is -2.07. The molecule has 0 unspecified atom stereocenters. The van der Waals surface area contributed by atoms with Gasteiger partial charge in [-0.25, -0.2) is 9.59 Å². The van der Waals surface area contributed by atoms with E-state index in [2.05, 4.69) is 31.9 Å². The van der Waals surface area contributed by atoms with Crippen molar-refractivity contribution < 1.29 is 19.4 Å². The maximum absolute atomic E-state index is 11.5. The first kappa shape index (κ1) is 13.2. The molecular formula is C10H8Br2O4. The molecule has 1 aromatic carbocycles. The predicted octanol–water partition coefficient (Wildman–Crippen LogP) is 3.09. The van der Waals surface area contributed by atoms with Crippen molar-refractivity contribution in [1.82, 2.24) is 0 Å². The molecule has 0 radical (unpaired) electrons. The molecule has 1 N–H and O–H groups in total. The SMILES string of the molecule is CCOC(=O)c1ccc(C(=O)O)c(Br)c1Br. The van der Waals surface area contributed by atoms with Crippen molar-refractivity contribution in [1.29, 1.82) is 0 Å². The second-order valence-corrected chi connectivity index (χ2v) is 4.40. The van der Waals surface area contributed by atoms with Gasteiger partial charge in [-0.05, 0) is 50.9 Å². The topological polar surface area (TPSA) is 63.6 Å². The molecule has 0 spiro atoms. The number of benzene rings is 1. The number of carbonyl (C=O) groups excluding carboxylic acids is 1. The number of carboxylic acid groups (broad SMARTS) is 1. The van der Waals surface area contributed by atoms with Gasteiger partial charge in [-0.15, -0.1) is 0 Å². The Morgan fingerprint density at radius 3 is 2.25 bits per heavy atom. The van der Waals surface area contributed by atoms with Crippen LogP contribution < -0.4 is 0 Å². The average molecular weight is 352 g/mol. The third-order valence-electron chi connectivity index (χ3n) is 1.81. The number of hydrogen-bond donors (Lipinski definition) is 1. The highest BCUT2D eigenvalue weighted by Gasteiger charge is 2.18. The summed E-state index contributed by atoms with van der Waals surface area (Å²) in [4.78, 5) is 22.3. The summed E-state index contributed by atoms with van der Waals surface area (Å²) in [6, 6.07) is 2.76. The number of carboxylic acids is 1. The fraction of sp³-hybridized carbons (Fsp3) is 0.200. The van der Waals surface area contributed by atoms with E-state index in [1.54, 1.807) is 6.92 Å². The molecule has 6 heteroatoms. The normalized spacial score (nSPS) is 9.94. The maximum atomic E-state index is 11.5. The van der Waals surface area contributed by atoms with Crippen LogP contribution in [0.25, 0.3) is 0 Å². The largest absolute Gasteiger partial charge is 0.478 e. The van der Waals surface area contributed by atoms with E-state index in [4.69, 9.17) is 9.84 Å². The lowest BCUT2D eigenvalue weighted by atomic mass is 10.1. The number of hydrogen-bond acceptors (Lipinski definition) is 3. The van der Waals surface area contributed by atoms with E-state index in [0.29, 0.717) is 14.5 Å². The summed E-state index contributed by atoms with van der Waals surface area (Å²) >= 11 is 6.27. The van der Waals surface area contributed by atoms with E-state index in [1.165, 1.54) is 12.1 Å². The molecule has 0 aromatic heterocycles. The third-order valence-corrected chi connectivity index (χ3v) is 3.99. The first-order valence-corrected chi connectivity index (χ1v) is 5.96. The van der Waals surface area contributed by atoms with Gasteiger partial charge in [-0.1, -0.05) is 0 Å². The number of rotatable bonds is 3. The van der Waals surface area contributed by atoms with E-state index in [-0.39, 0.29) is 12.2 Å². The smallest absolute Gasteiger partial charge is 0.339 e. The summed E-state index contributed by atoms with van der Waals surface area (Å²) < 4.78 is 5.53. The van der Waals surface area contributed by atoms with Crippen molar-refractivity contribution in [3.63, 3.8) is 0 Å². The first-order valence-electron chi connectivity index (χ1n) is 4.37. The van der Waals surface area contributed by atoms with Crippen LogP contribution in [0.3, 0.4) is 0 Å². The van der Waals surface area contributed by atoms with E-state index in [9.17, 15) is 9.59 Å². The third kappa shape index (κ3) is 2.62. The summed E-state index contributed by atoms with van der Waals surface area (Å²) in [6.07, 6.45) is 0. The lowest BCUT2D eigenvalue weighted by molar-refractivity contribution is 0.0523. The summed E-state index contributed by atoms with van der Waals surface area (Å²) in [5.74, 6) is -1.56. The number of aromatic carboxylic acids is 1. The number of halogens is 2. The molecule has 86 valence electrons. The van der Waals surface area contributed by atoms with Crippen LogP contribution >= 0.6 is 31.9 Å². The van der Waals surface area contributed by atoms with Crippen molar-refractivity contribution in [2.75, 3.05) is 6.61 Å². The van der Waals surface area contributed by atoms with Crippen molar-refractivity contribution in [2.24, 2.45) is 0 Å². The Hall–Kier alpha value is -0.880. The van der Waals surface area contributed by atoms with Crippen molar-refractivity contribution in [2.45, 2.75) is 6.92 Å². The Balaban J connectivity index is 3.21. The van der Waals surface area contributed by atoms with Gasteiger partial charge in [0.1, 0.15) is 0 Å². The fourth-order valence-electron chi connectivity index (χ4n) is 1.08. The zero-order valence-corrected chi connectivity index (χ0v) is 11.5. The van der Waals surface area contributed by atoms with Gasteiger partial charge in [0.15, 0.2) is 0 Å². The van der Waals surface area contributed by atoms with Gasteiger partial charge in [-0.3, -0.25) is 0 Å². The van der Waals surface area contributed by atoms with Gasteiger partial charge >= 0.3 is 11.9 Å². The van der Waals surface area contributed by atoms with Gasteiger partial charge in [0.25, 0.3) is 0 Å². The van der Waals surface area contributed by atoms with Crippen molar-refractivity contribution in [3.8, 4) is 0 Å². The van der Waals surface area contributed by atoms with Crippen LogP contribution in [-0.2, 0) is 4.74 Å². The summed E-state index contributed by atoms with van der Waals surface area (Å²) in [5, 5.41) is 8.86. The summed E-state index contributed by atoms with van der Waals surface area (Å²) in [6.45, 7) is 1.97. The molecule has 0 fully saturated rings. The van der Waals surface area contributed by atoms with Crippen LogP contribution in [0.5, 0.6) is 0 Å². The molecule has 0 aliphatic heterocycles. The zero-order valence-electron chi connectivity index (χ0n) is 8.29. The minimum Gasteiger partial charge on any atom is -0.478 e. The van der Waals surface area contributed by atoms with Gasteiger partial charge in [0.05, 0.1) is 17.7 Å². The monoisotopic (exact) mass is 350 g/mol. The van der Waals surface area contributed by atoms with E-state index in [1.807, 2.05) is 0 Å². The number of esters is 1. The maximum Gasteiger partial charge on any atom is 0.339 e. The van der Waals surface area contributed by atoms with Crippen LogP contribution in [-0.4, -0.2) is 23.7 Å². The standard InChI is InChI=1S/C10H8Br2O4/c1-2-16-10(15)6-4-3-5(9(13)14)7(11)8(6)12/h3-4H,2H2,1H3,(H,13,14). The average Bonchev–Trinajstić information content (AvgIpc) is 2.21. The van der Waals surface area contributed by atoms with Gasteiger partial charge < -0.3 is 9.84 Å². The Labute approximate surface area is 109 Å². The fourth-order valence-corrected chi connectivity index (χ4v) is 2.10. The molecule has 16 heavy (non-hydrogen) atoms. The first-order chi connectivity index (χ1) is 7.49. The molecule has 1 aromatic rings. The van der Waals surface area contributed by atoms with Crippen LogP contribution in [0.15, 0.2) is 21.1 Å². The van der Waals surface area contributed by atoms with Gasteiger partial charge in [0.2, 0.25) is 0 Å². The quantitative estimate of drug-likeness (QED) is 0.850. The van der Waals surface area contributed by atoms with Gasteiger partial charge in [-0.2, -0.15) is 0 Å². The van der Waals surface area contributed by atoms with Crippen LogP contribution in [0, 0.1) is 0 Å². The van der Waals surface area contributed by atoms with Crippen LogP contribution in [0.1, 0.15) is 27.6 Å². The molecule has 0 atom stereocenters. The highest BCUT2D eigenvalue weighted by atomic mass is 79.9.